The van der Waals surface area contributed by atoms with Gasteiger partial charge in [-0.2, -0.15) is 0 Å². The van der Waals surface area contributed by atoms with Crippen molar-refractivity contribution < 1.29 is 24.9 Å². The Labute approximate surface area is 205 Å². The van der Waals surface area contributed by atoms with Gasteiger partial charge >= 0.3 is 11.9 Å². The maximum Gasteiger partial charge on any atom is 0.322 e. The third kappa shape index (κ3) is 3.59. The molecule has 3 saturated carbocycles. The van der Waals surface area contributed by atoms with Crippen LogP contribution in [0.4, 0.5) is 0 Å². The molecule has 4 aliphatic carbocycles. The second-order valence-corrected chi connectivity index (χ2v) is 13.2. The Balaban J connectivity index is 1.65. The first-order valence-electron chi connectivity index (χ1n) is 13.7. The molecule has 0 bridgehead atoms. The molecule has 192 valence electrons. The van der Waals surface area contributed by atoms with E-state index in [1.807, 2.05) is 6.92 Å². The first-order valence-corrected chi connectivity index (χ1v) is 13.7. The highest BCUT2D eigenvalue weighted by molar-refractivity contribution is 6.00. The second kappa shape index (κ2) is 8.94. The fraction of sp³-hybridized carbons (Fsp3) is 0.862. The van der Waals surface area contributed by atoms with Crippen LogP contribution < -0.4 is 0 Å². The monoisotopic (exact) mass is 474 g/mol. The van der Waals surface area contributed by atoms with Gasteiger partial charge in [0.2, 0.25) is 0 Å². The van der Waals surface area contributed by atoms with Gasteiger partial charge in [-0.3, -0.25) is 9.59 Å². The predicted octanol–water partition coefficient (Wildman–Crippen LogP) is 6.15. The van der Waals surface area contributed by atoms with Crippen molar-refractivity contribution in [3.8, 4) is 0 Å². The third-order valence-electron chi connectivity index (χ3n) is 11.3. The van der Waals surface area contributed by atoms with Gasteiger partial charge in [0.05, 0.1) is 6.10 Å². The summed E-state index contributed by atoms with van der Waals surface area (Å²) in [5.74, 6) is 0.447. The van der Waals surface area contributed by atoms with Crippen molar-refractivity contribution in [1.29, 1.82) is 0 Å². The van der Waals surface area contributed by atoms with Crippen molar-refractivity contribution in [2.24, 2.45) is 51.8 Å². The minimum Gasteiger partial charge on any atom is -0.480 e. The molecule has 5 nitrogen and oxygen atoms in total. The summed E-state index contributed by atoms with van der Waals surface area (Å²) < 4.78 is 0. The summed E-state index contributed by atoms with van der Waals surface area (Å²) in [6, 6.07) is 0. The number of allylic oxidation sites excluding steroid dienone is 1. The molecule has 4 aliphatic rings. The van der Waals surface area contributed by atoms with Crippen LogP contribution in [0.3, 0.4) is 0 Å². The molecule has 0 aliphatic heterocycles. The topological polar surface area (TPSA) is 94.8 Å². The van der Waals surface area contributed by atoms with Crippen molar-refractivity contribution in [2.45, 2.75) is 105 Å². The number of hydrogen-bond acceptors (Lipinski definition) is 3. The molecule has 0 aromatic rings. The molecule has 0 saturated heterocycles. The van der Waals surface area contributed by atoms with Gasteiger partial charge in [-0.1, -0.05) is 65.5 Å². The molecule has 3 fully saturated rings. The largest absolute Gasteiger partial charge is 0.480 e. The average Bonchev–Trinajstić information content (AvgIpc) is 3.10. The van der Waals surface area contributed by atoms with Crippen LogP contribution in [0.25, 0.3) is 0 Å². The van der Waals surface area contributed by atoms with E-state index in [1.165, 1.54) is 32.1 Å². The van der Waals surface area contributed by atoms with E-state index in [9.17, 15) is 24.9 Å². The summed E-state index contributed by atoms with van der Waals surface area (Å²) in [6.07, 6.45) is 10.5. The Morgan fingerprint density at radius 2 is 1.71 bits per heavy atom. The zero-order valence-electron chi connectivity index (χ0n) is 21.8. The average molecular weight is 475 g/mol. The highest BCUT2D eigenvalue weighted by Crippen LogP contribution is 2.70. The zero-order chi connectivity index (χ0) is 25.1. The van der Waals surface area contributed by atoms with Gasteiger partial charge in [-0.05, 0) is 79.4 Å². The van der Waals surface area contributed by atoms with Crippen LogP contribution in [0.1, 0.15) is 98.8 Å². The number of aliphatic hydroxyl groups is 1. The SMILES string of the molecule is CC(C)CCC[C@@H](C)[C@H]1CC[C@H]2[C@@H]3CC=C4C[C@H](O)CC(C(=O)O)(C(=O)O)[C@]4(C)[C@H]3CC[C@]12C. The maximum atomic E-state index is 12.7. The lowest BCUT2D eigenvalue weighted by Crippen LogP contribution is -2.64. The van der Waals surface area contributed by atoms with Crippen LogP contribution in [0.5, 0.6) is 0 Å². The van der Waals surface area contributed by atoms with Crippen molar-refractivity contribution in [3.63, 3.8) is 0 Å². The molecule has 0 amide bonds. The van der Waals surface area contributed by atoms with Gasteiger partial charge in [0.1, 0.15) is 0 Å². The number of carboxylic acid groups (broad SMARTS) is 2. The molecule has 0 spiro atoms. The van der Waals surface area contributed by atoms with Gasteiger partial charge in [-0.25, -0.2) is 0 Å². The first-order chi connectivity index (χ1) is 15.9. The predicted molar refractivity (Wildman–Crippen MR) is 132 cm³/mol. The van der Waals surface area contributed by atoms with Gasteiger partial charge in [0, 0.05) is 11.8 Å². The molecule has 3 N–H and O–H groups in total. The van der Waals surface area contributed by atoms with E-state index in [2.05, 4.69) is 33.8 Å². The lowest BCUT2D eigenvalue weighted by Gasteiger charge is -2.62. The number of carboxylic acids is 2. The summed E-state index contributed by atoms with van der Waals surface area (Å²) in [6.45, 7) is 11.4. The van der Waals surface area contributed by atoms with Crippen LogP contribution in [0, 0.1) is 51.8 Å². The normalized spacial score (nSPS) is 41.7. The van der Waals surface area contributed by atoms with Crippen LogP contribution in [-0.2, 0) is 9.59 Å². The minimum absolute atomic E-state index is 0.0419. The van der Waals surface area contributed by atoms with E-state index in [4.69, 9.17) is 0 Å². The fourth-order valence-corrected chi connectivity index (χ4v) is 9.57. The summed E-state index contributed by atoms with van der Waals surface area (Å²) in [5.41, 5.74) is -1.79. The summed E-state index contributed by atoms with van der Waals surface area (Å²) in [4.78, 5) is 25.3. The quantitative estimate of drug-likeness (QED) is 0.304. The Morgan fingerprint density at radius 1 is 1.03 bits per heavy atom. The van der Waals surface area contributed by atoms with Gasteiger partial charge in [0.25, 0.3) is 0 Å². The Kier molecular flexibility index (Phi) is 6.76. The molecule has 0 aromatic carbocycles. The molecule has 8 atom stereocenters. The molecule has 0 unspecified atom stereocenters. The fourth-order valence-electron chi connectivity index (χ4n) is 9.57. The highest BCUT2D eigenvalue weighted by Gasteiger charge is 2.70. The first kappa shape index (κ1) is 25.7. The van der Waals surface area contributed by atoms with E-state index >= 15 is 0 Å². The van der Waals surface area contributed by atoms with E-state index in [-0.39, 0.29) is 17.8 Å². The molecule has 4 rings (SSSR count). The van der Waals surface area contributed by atoms with Gasteiger partial charge < -0.3 is 15.3 Å². The Morgan fingerprint density at radius 3 is 2.32 bits per heavy atom. The second-order valence-electron chi connectivity index (χ2n) is 13.2. The number of aliphatic carboxylic acids is 2. The molecular weight excluding hydrogens is 428 g/mol. The number of hydrogen-bond donors (Lipinski definition) is 3. The number of fused-ring (bicyclic) bond motifs is 5. The molecule has 5 heteroatoms. The third-order valence-corrected chi connectivity index (χ3v) is 11.3. The number of rotatable bonds is 7. The number of carbonyl (C=O) groups is 2. The minimum atomic E-state index is -1.96. The van der Waals surface area contributed by atoms with E-state index in [0.29, 0.717) is 30.1 Å². The smallest absolute Gasteiger partial charge is 0.322 e. The molecular formula is C29H46O5. The van der Waals surface area contributed by atoms with Gasteiger partial charge in [0.15, 0.2) is 5.41 Å². The molecule has 0 aromatic heterocycles. The lowest BCUT2D eigenvalue weighted by molar-refractivity contribution is -0.191. The zero-order valence-corrected chi connectivity index (χ0v) is 21.8. The van der Waals surface area contributed by atoms with Crippen LogP contribution in [0.2, 0.25) is 0 Å². The molecule has 34 heavy (non-hydrogen) atoms. The maximum absolute atomic E-state index is 12.7. The van der Waals surface area contributed by atoms with Crippen molar-refractivity contribution in [1.82, 2.24) is 0 Å². The van der Waals surface area contributed by atoms with Gasteiger partial charge in [-0.15, -0.1) is 0 Å². The van der Waals surface area contributed by atoms with Crippen molar-refractivity contribution >= 4 is 11.9 Å². The molecule has 0 heterocycles. The van der Waals surface area contributed by atoms with E-state index in [0.717, 1.165) is 30.8 Å². The number of aliphatic hydroxyl groups excluding tert-OH is 1. The van der Waals surface area contributed by atoms with E-state index in [1.54, 1.807) is 0 Å². The van der Waals surface area contributed by atoms with E-state index < -0.39 is 28.9 Å². The Hall–Kier alpha value is -1.36. The molecule has 0 radical (unpaired) electrons. The van der Waals surface area contributed by atoms with Crippen molar-refractivity contribution in [2.75, 3.05) is 0 Å². The van der Waals surface area contributed by atoms with Crippen molar-refractivity contribution in [3.05, 3.63) is 11.6 Å². The van der Waals surface area contributed by atoms with Crippen LogP contribution in [-0.4, -0.2) is 33.4 Å². The lowest BCUT2D eigenvalue weighted by atomic mass is 9.41. The van der Waals surface area contributed by atoms with Crippen LogP contribution in [0.15, 0.2) is 11.6 Å². The summed E-state index contributed by atoms with van der Waals surface area (Å²) in [5, 5.41) is 31.2. The highest BCUT2D eigenvalue weighted by atomic mass is 16.4. The Bertz CT molecular complexity index is 831. The summed E-state index contributed by atoms with van der Waals surface area (Å²) in [7, 11) is 0. The standard InChI is InChI=1S/C29H46O5/c1-17(2)7-6-8-18(3)22-11-12-23-21-10-9-19-15-20(30)16-29(25(31)32,26(33)34)28(19,5)24(21)13-14-27(22,23)4/h9,17-18,20-24,30H,6-8,10-16H2,1-5H3,(H,31,32)(H,33,34)/t18-,20+,21+,22-,23+,24+,27-,28+/m1/s1. The summed E-state index contributed by atoms with van der Waals surface area (Å²) >= 11 is 0. The van der Waals surface area contributed by atoms with Crippen LogP contribution >= 0.6 is 0 Å².